The second kappa shape index (κ2) is 9.37. The Balaban J connectivity index is 1.45. The summed E-state index contributed by atoms with van der Waals surface area (Å²) in [7, 11) is 0. The van der Waals surface area contributed by atoms with Crippen LogP contribution in [-0.2, 0) is 14.3 Å². The molecule has 1 aliphatic carbocycles. The third kappa shape index (κ3) is 5.00. The number of amides is 2. The number of carbonyl (C=O) groups is 3. The predicted molar refractivity (Wildman–Crippen MR) is 126 cm³/mol. The number of benzene rings is 2. The molecule has 0 bridgehead atoms. The van der Waals surface area contributed by atoms with Crippen LogP contribution in [0.4, 0.5) is 9.59 Å². The Morgan fingerprint density at radius 3 is 2.15 bits per heavy atom. The third-order valence-electron chi connectivity index (χ3n) is 6.16. The van der Waals surface area contributed by atoms with E-state index in [2.05, 4.69) is 5.32 Å². The lowest BCUT2D eigenvalue weighted by molar-refractivity contribution is -0.144. The summed E-state index contributed by atoms with van der Waals surface area (Å²) >= 11 is 0. The number of carboxylic acids is 1. The molecular weight excluding hydrogens is 436 g/mol. The number of alkyl carbamates (subject to hydrolysis) is 1. The zero-order valence-electron chi connectivity index (χ0n) is 19.6. The van der Waals surface area contributed by atoms with E-state index in [4.69, 9.17) is 9.47 Å². The van der Waals surface area contributed by atoms with Gasteiger partial charge in [-0.25, -0.2) is 14.4 Å². The molecule has 0 radical (unpaired) electrons. The molecule has 0 saturated carbocycles. The van der Waals surface area contributed by atoms with Gasteiger partial charge in [0.25, 0.3) is 0 Å². The highest BCUT2D eigenvalue weighted by Crippen LogP contribution is 2.44. The number of likely N-dealkylation sites (tertiary alicyclic amines) is 1. The van der Waals surface area contributed by atoms with Crippen molar-refractivity contribution in [3.63, 3.8) is 0 Å². The van der Waals surface area contributed by atoms with Crippen LogP contribution in [0, 0.1) is 0 Å². The third-order valence-corrected chi connectivity index (χ3v) is 6.16. The largest absolute Gasteiger partial charge is 0.480 e. The van der Waals surface area contributed by atoms with Crippen molar-refractivity contribution in [1.29, 1.82) is 0 Å². The lowest BCUT2D eigenvalue weighted by Crippen LogP contribution is -2.56. The first kappa shape index (κ1) is 23.6. The van der Waals surface area contributed by atoms with Gasteiger partial charge in [0.2, 0.25) is 0 Å². The summed E-state index contributed by atoms with van der Waals surface area (Å²) in [5, 5.41) is 12.4. The van der Waals surface area contributed by atoms with E-state index in [0.717, 1.165) is 22.3 Å². The summed E-state index contributed by atoms with van der Waals surface area (Å²) in [6.07, 6.45) is -0.674. The molecule has 180 valence electrons. The molecule has 1 aliphatic heterocycles. The fraction of sp³-hybridized carbons (Fsp3) is 0.423. The number of hydrogen-bond donors (Lipinski definition) is 2. The highest BCUT2D eigenvalue weighted by Gasteiger charge is 2.38. The van der Waals surface area contributed by atoms with Gasteiger partial charge in [-0.1, -0.05) is 48.5 Å². The smallest absolute Gasteiger partial charge is 0.410 e. The first-order valence-corrected chi connectivity index (χ1v) is 11.5. The van der Waals surface area contributed by atoms with E-state index in [9.17, 15) is 19.5 Å². The van der Waals surface area contributed by atoms with Gasteiger partial charge in [-0.05, 0) is 55.9 Å². The minimum atomic E-state index is -1.09. The van der Waals surface area contributed by atoms with E-state index >= 15 is 0 Å². The molecule has 2 aliphatic rings. The van der Waals surface area contributed by atoms with Gasteiger partial charge < -0.3 is 19.9 Å². The summed E-state index contributed by atoms with van der Waals surface area (Å²) < 4.78 is 11.0. The average Bonchev–Trinajstić information content (AvgIpc) is 3.09. The van der Waals surface area contributed by atoms with Gasteiger partial charge in [-0.3, -0.25) is 4.90 Å². The lowest BCUT2D eigenvalue weighted by Gasteiger charge is -2.37. The Morgan fingerprint density at radius 1 is 1.00 bits per heavy atom. The number of aliphatic carboxylic acids is 1. The van der Waals surface area contributed by atoms with E-state index < -0.39 is 35.8 Å². The van der Waals surface area contributed by atoms with Crippen LogP contribution < -0.4 is 5.32 Å². The number of fused-ring (bicyclic) bond motifs is 3. The lowest BCUT2D eigenvalue weighted by atomic mass is 9.98. The van der Waals surface area contributed by atoms with Crippen molar-refractivity contribution >= 4 is 18.2 Å². The zero-order valence-corrected chi connectivity index (χ0v) is 19.6. The van der Waals surface area contributed by atoms with E-state index in [1.54, 1.807) is 20.8 Å². The molecule has 2 amide bonds. The highest BCUT2D eigenvalue weighted by atomic mass is 16.6. The summed E-state index contributed by atoms with van der Waals surface area (Å²) in [5.41, 5.74) is 3.72. The van der Waals surface area contributed by atoms with Gasteiger partial charge in [-0.15, -0.1) is 0 Å². The maximum absolute atomic E-state index is 13.1. The molecule has 4 rings (SSSR count). The Hall–Kier alpha value is -3.55. The van der Waals surface area contributed by atoms with E-state index in [-0.39, 0.29) is 25.5 Å². The Kier molecular flexibility index (Phi) is 6.50. The van der Waals surface area contributed by atoms with Crippen LogP contribution in [0.15, 0.2) is 48.5 Å². The summed E-state index contributed by atoms with van der Waals surface area (Å²) in [6.45, 7) is 5.41. The molecule has 8 nitrogen and oxygen atoms in total. The highest BCUT2D eigenvalue weighted by molar-refractivity contribution is 5.81. The monoisotopic (exact) mass is 466 g/mol. The molecule has 2 N–H and O–H groups in total. The van der Waals surface area contributed by atoms with Gasteiger partial charge in [-0.2, -0.15) is 0 Å². The van der Waals surface area contributed by atoms with Crippen LogP contribution in [0.25, 0.3) is 11.1 Å². The fourth-order valence-electron chi connectivity index (χ4n) is 4.70. The second-order valence-electron chi connectivity index (χ2n) is 9.73. The van der Waals surface area contributed by atoms with Crippen LogP contribution in [0.1, 0.15) is 50.7 Å². The topological polar surface area (TPSA) is 105 Å². The summed E-state index contributed by atoms with van der Waals surface area (Å²) in [6, 6.07) is 14.6. The van der Waals surface area contributed by atoms with Crippen LogP contribution in [0.5, 0.6) is 0 Å². The van der Waals surface area contributed by atoms with Gasteiger partial charge in [0.15, 0.2) is 0 Å². The van der Waals surface area contributed by atoms with Crippen LogP contribution in [-0.4, -0.2) is 59.0 Å². The van der Waals surface area contributed by atoms with Crippen LogP contribution >= 0.6 is 0 Å². The standard InChI is InChI=1S/C26H30N2O6/c1-26(2,3)34-24(31)27-16-12-13-22(23(29)30)28(14-16)25(32)33-15-21-19-10-6-4-8-17(19)18-9-5-7-11-20(18)21/h4-11,16,21-22H,12-15H2,1-3H3,(H,27,31)(H,29,30). The van der Waals surface area contributed by atoms with Crippen LogP contribution in [0.2, 0.25) is 0 Å². The zero-order chi connectivity index (χ0) is 24.5. The van der Waals surface area contributed by atoms with Crippen molar-refractivity contribution in [2.75, 3.05) is 13.2 Å². The number of ether oxygens (including phenoxy) is 2. The van der Waals surface area contributed by atoms with Gasteiger partial charge >= 0.3 is 18.2 Å². The number of nitrogens with zero attached hydrogens (tertiary/aromatic N) is 1. The van der Waals surface area contributed by atoms with Crippen molar-refractivity contribution < 1.29 is 29.0 Å². The number of nitrogens with one attached hydrogen (secondary N) is 1. The van der Waals surface area contributed by atoms with Crippen LogP contribution in [0.3, 0.4) is 0 Å². The molecule has 2 unspecified atom stereocenters. The number of carbonyl (C=O) groups excluding carboxylic acids is 2. The SMILES string of the molecule is CC(C)(C)OC(=O)NC1CCC(C(=O)O)N(C(=O)OCC2c3ccccc3-c3ccccc32)C1. The van der Waals surface area contributed by atoms with Crippen molar-refractivity contribution in [1.82, 2.24) is 10.2 Å². The summed E-state index contributed by atoms with van der Waals surface area (Å²) in [5.74, 6) is -1.22. The van der Waals surface area contributed by atoms with Gasteiger partial charge in [0, 0.05) is 12.5 Å². The molecule has 2 aromatic carbocycles. The first-order valence-electron chi connectivity index (χ1n) is 11.5. The second-order valence-corrected chi connectivity index (χ2v) is 9.73. The minimum Gasteiger partial charge on any atom is -0.480 e. The van der Waals surface area contributed by atoms with Crippen molar-refractivity contribution in [2.45, 2.75) is 57.2 Å². The summed E-state index contributed by atoms with van der Waals surface area (Å²) in [4.78, 5) is 38.2. The molecule has 1 heterocycles. The van der Waals surface area contributed by atoms with E-state index in [0.29, 0.717) is 6.42 Å². The van der Waals surface area contributed by atoms with E-state index in [1.165, 1.54) is 4.90 Å². The molecular formula is C26H30N2O6. The van der Waals surface area contributed by atoms with Gasteiger partial charge in [0.1, 0.15) is 18.2 Å². The normalized spacial score (nSPS) is 19.7. The molecule has 2 atom stereocenters. The van der Waals surface area contributed by atoms with Gasteiger partial charge in [0.05, 0.1) is 6.04 Å². The predicted octanol–water partition coefficient (Wildman–Crippen LogP) is 4.38. The molecule has 0 spiro atoms. The van der Waals surface area contributed by atoms with Crippen molar-refractivity contribution in [2.24, 2.45) is 0 Å². The van der Waals surface area contributed by atoms with Crippen molar-refractivity contribution in [3.05, 3.63) is 59.7 Å². The fourth-order valence-corrected chi connectivity index (χ4v) is 4.70. The molecule has 0 aromatic heterocycles. The number of hydrogen-bond acceptors (Lipinski definition) is 5. The average molecular weight is 467 g/mol. The maximum atomic E-state index is 13.1. The molecule has 34 heavy (non-hydrogen) atoms. The Bertz CT molecular complexity index is 1050. The molecule has 1 saturated heterocycles. The first-order chi connectivity index (χ1) is 16.1. The Morgan fingerprint density at radius 2 is 1.59 bits per heavy atom. The number of carboxylic acid groups (broad SMARTS) is 1. The maximum Gasteiger partial charge on any atom is 0.410 e. The number of rotatable bonds is 4. The van der Waals surface area contributed by atoms with Crippen molar-refractivity contribution in [3.8, 4) is 11.1 Å². The molecule has 2 aromatic rings. The molecule has 8 heteroatoms. The quantitative estimate of drug-likeness (QED) is 0.693. The minimum absolute atomic E-state index is 0.0346. The number of piperidine rings is 1. The molecule has 1 fully saturated rings. The van der Waals surface area contributed by atoms with E-state index in [1.807, 2.05) is 48.5 Å². The Labute approximate surface area is 198 Å².